The number of ether oxygens (including phenoxy) is 3. The van der Waals surface area contributed by atoms with Gasteiger partial charge in [0.15, 0.2) is 22.8 Å². The van der Waals surface area contributed by atoms with E-state index in [0.29, 0.717) is 5.57 Å². The third-order valence-electron chi connectivity index (χ3n) is 10.1. The lowest BCUT2D eigenvalue weighted by atomic mass is 9.45. The molecule has 250 valence electrons. The Labute approximate surface area is 257 Å². The molecule has 0 aliphatic heterocycles. The van der Waals surface area contributed by atoms with Crippen LogP contribution in [-0.2, 0) is 33.4 Å². The maximum Gasteiger partial charge on any atom is 0.407 e. The number of hydrogen-bond donors (Lipinski definition) is 4. The Balaban J connectivity index is 1.34. The molecule has 0 heterocycles. The zero-order valence-corrected chi connectivity index (χ0v) is 25.2. The maximum absolute atomic E-state index is 17.2. The molecule has 2 fully saturated rings. The molecule has 45 heavy (non-hydrogen) atoms. The van der Waals surface area contributed by atoms with Gasteiger partial charge in [0, 0.05) is 29.6 Å². The highest BCUT2D eigenvalue weighted by atomic mass is 19.1. The van der Waals surface area contributed by atoms with Crippen LogP contribution in [0.2, 0.25) is 0 Å². The van der Waals surface area contributed by atoms with Crippen molar-refractivity contribution in [3.05, 3.63) is 33.9 Å². The van der Waals surface area contributed by atoms with Gasteiger partial charge in [0.1, 0.15) is 13.2 Å². The summed E-state index contributed by atoms with van der Waals surface area (Å²) in [6, 6.07) is 0. The molecular weight excluding hydrogens is 603 g/mol. The fourth-order valence-corrected chi connectivity index (χ4v) is 7.76. The van der Waals surface area contributed by atoms with E-state index in [4.69, 9.17) is 14.2 Å². The highest BCUT2D eigenvalue weighted by molar-refractivity contribution is 5.93. The third kappa shape index (κ3) is 5.95. The number of Topliss-reactive ketones (excluding diaryl/α,β-unsaturated/α-hetero) is 1. The average Bonchev–Trinajstić information content (AvgIpc) is 3.17. The second kappa shape index (κ2) is 12.7. The first-order chi connectivity index (χ1) is 21.0. The number of alkyl carbamates (subject to hydrolysis) is 1. The summed E-state index contributed by atoms with van der Waals surface area (Å²) in [4.78, 5) is 63.3. The predicted octanol–water partition coefficient (Wildman–Crippen LogP) is 0.859. The van der Waals surface area contributed by atoms with Gasteiger partial charge in [-0.05, 0) is 45.1 Å². The summed E-state index contributed by atoms with van der Waals surface area (Å²) in [6.07, 6.45) is -1.17. The Morgan fingerprint density at radius 2 is 1.91 bits per heavy atom. The molecule has 0 aromatic carbocycles. The van der Waals surface area contributed by atoms with E-state index in [0.717, 1.165) is 0 Å². The van der Waals surface area contributed by atoms with Crippen LogP contribution >= 0.6 is 0 Å². The zero-order chi connectivity index (χ0) is 33.4. The molecule has 0 radical (unpaired) electrons. The Morgan fingerprint density at radius 1 is 1.20 bits per heavy atom. The number of fused-ring (bicyclic) bond motifs is 5. The molecule has 1 amide bonds. The standard InChI is InChI=1S/C29H39FN2O13/c1-16(45-24(37)14-31-25(38)42-9-4-10-44-32(40)41)43-15-23(36)29(39)21(34)12-20-19-6-5-17-11-18(33)7-8-26(17,2)28(19,30)22(35)13-27(20,29)3/h5,7-8,16,19-22,34-35,39H,4,6,9-15H2,1-3H3,(H,31,38)/t16?,19-,20-,21+,22-,26-,27-,28-,29-/m0/s1. The van der Waals surface area contributed by atoms with Crippen LogP contribution in [0.15, 0.2) is 23.8 Å². The van der Waals surface area contributed by atoms with E-state index in [-0.39, 0.29) is 51.1 Å². The molecule has 4 rings (SSSR count). The van der Waals surface area contributed by atoms with Gasteiger partial charge in [-0.15, -0.1) is 10.1 Å². The van der Waals surface area contributed by atoms with Crippen molar-refractivity contribution in [3.8, 4) is 0 Å². The Hall–Kier alpha value is -3.47. The largest absolute Gasteiger partial charge is 0.449 e. The van der Waals surface area contributed by atoms with Gasteiger partial charge in [0.25, 0.3) is 5.09 Å². The van der Waals surface area contributed by atoms with Crippen LogP contribution in [-0.4, -0.2) is 100 Å². The Kier molecular flexibility index (Phi) is 9.73. The smallest absolute Gasteiger partial charge is 0.407 e. The van der Waals surface area contributed by atoms with Crippen molar-refractivity contribution in [2.75, 3.05) is 26.4 Å². The van der Waals surface area contributed by atoms with Crippen LogP contribution in [0.4, 0.5) is 9.18 Å². The fourth-order valence-electron chi connectivity index (χ4n) is 7.76. The van der Waals surface area contributed by atoms with E-state index >= 15 is 4.39 Å². The highest BCUT2D eigenvalue weighted by Crippen LogP contribution is 2.69. The number of halogens is 1. The van der Waals surface area contributed by atoms with Crippen molar-refractivity contribution in [2.45, 2.75) is 82.6 Å². The maximum atomic E-state index is 17.2. The summed E-state index contributed by atoms with van der Waals surface area (Å²) in [5, 5.41) is 45.4. The minimum atomic E-state index is -2.41. The van der Waals surface area contributed by atoms with Crippen LogP contribution < -0.4 is 5.32 Å². The predicted molar refractivity (Wildman–Crippen MR) is 148 cm³/mol. The van der Waals surface area contributed by atoms with Gasteiger partial charge in [-0.25, -0.2) is 9.18 Å². The van der Waals surface area contributed by atoms with Gasteiger partial charge in [0.2, 0.25) is 6.29 Å². The van der Waals surface area contributed by atoms with Crippen molar-refractivity contribution in [3.63, 3.8) is 0 Å². The highest BCUT2D eigenvalue weighted by Gasteiger charge is 2.76. The Bertz CT molecular complexity index is 1290. The van der Waals surface area contributed by atoms with Crippen molar-refractivity contribution >= 4 is 23.6 Å². The molecule has 0 aromatic heterocycles. The van der Waals surface area contributed by atoms with Gasteiger partial charge in [-0.3, -0.25) is 14.4 Å². The fraction of sp³-hybridized carbons (Fsp3) is 0.724. The number of ketones is 2. The lowest BCUT2D eigenvalue weighted by Crippen LogP contribution is -2.69. The van der Waals surface area contributed by atoms with E-state index in [2.05, 4.69) is 10.2 Å². The van der Waals surface area contributed by atoms with Crippen molar-refractivity contribution in [1.29, 1.82) is 0 Å². The van der Waals surface area contributed by atoms with E-state index in [1.807, 2.05) is 0 Å². The van der Waals surface area contributed by atoms with Gasteiger partial charge in [-0.2, -0.15) is 0 Å². The number of nitrogens with one attached hydrogen (secondary N) is 1. The summed E-state index contributed by atoms with van der Waals surface area (Å²) in [7, 11) is 0. The molecule has 4 aliphatic carbocycles. The molecule has 0 saturated heterocycles. The number of alkyl halides is 1. The van der Waals surface area contributed by atoms with Crippen LogP contribution in [0.25, 0.3) is 0 Å². The molecule has 1 unspecified atom stereocenters. The number of rotatable bonds is 12. The number of hydrogen-bond acceptors (Lipinski definition) is 13. The van der Waals surface area contributed by atoms with Crippen molar-refractivity contribution < 1.29 is 63.0 Å². The number of carbonyl (C=O) groups is 4. The molecule has 16 heteroatoms. The Morgan fingerprint density at radius 3 is 2.60 bits per heavy atom. The molecule has 0 spiro atoms. The molecule has 0 bridgehead atoms. The van der Waals surface area contributed by atoms with Crippen LogP contribution in [0, 0.1) is 32.8 Å². The molecule has 4 aliphatic rings. The SMILES string of the molecule is CC(OCC(=O)[C@@]1(O)[C@H](O)C[C@H]2[C@@H]3CC=C4CC(=O)C=C[C@]4(C)[C@@]3(F)[C@@H](O)C[C@@]21C)OC(=O)CNC(=O)OCCCO[N+](=O)[O-]. The molecule has 4 N–H and O–H groups in total. The molecule has 9 atom stereocenters. The number of carbonyl (C=O) groups excluding carboxylic acids is 4. The first-order valence-electron chi connectivity index (χ1n) is 14.7. The number of amides is 1. The van der Waals surface area contributed by atoms with Crippen molar-refractivity contribution in [2.24, 2.45) is 22.7 Å². The lowest BCUT2D eigenvalue weighted by Gasteiger charge is -2.61. The number of aliphatic hydroxyl groups is 3. The van der Waals surface area contributed by atoms with Gasteiger partial charge >= 0.3 is 12.1 Å². The molecule has 15 nitrogen and oxygen atoms in total. The topological polar surface area (TPSA) is 221 Å². The number of nitrogens with zero attached hydrogens (tertiary/aromatic N) is 1. The summed E-state index contributed by atoms with van der Waals surface area (Å²) in [6.45, 7) is 2.56. The van der Waals surface area contributed by atoms with E-state index in [1.54, 1.807) is 19.9 Å². The third-order valence-corrected chi connectivity index (χ3v) is 10.1. The van der Waals surface area contributed by atoms with Gasteiger partial charge in [0.05, 0.1) is 25.4 Å². The molecule has 0 aromatic rings. The summed E-state index contributed by atoms with van der Waals surface area (Å²) in [5.74, 6) is -3.64. The second-order valence-corrected chi connectivity index (χ2v) is 12.5. The molecule has 2 saturated carbocycles. The lowest BCUT2D eigenvalue weighted by molar-refractivity contribution is -0.757. The van der Waals surface area contributed by atoms with Crippen LogP contribution in [0.5, 0.6) is 0 Å². The normalized spacial score (nSPS) is 37.3. The quantitative estimate of drug-likeness (QED) is 0.0580. The van der Waals surface area contributed by atoms with E-state index in [9.17, 15) is 44.6 Å². The first kappa shape index (κ1) is 34.4. The van der Waals surface area contributed by atoms with E-state index in [1.165, 1.54) is 19.1 Å². The first-order valence-corrected chi connectivity index (χ1v) is 14.7. The van der Waals surface area contributed by atoms with Crippen LogP contribution in [0.3, 0.4) is 0 Å². The van der Waals surface area contributed by atoms with Crippen LogP contribution in [0.1, 0.15) is 52.9 Å². The number of esters is 1. The van der Waals surface area contributed by atoms with Crippen molar-refractivity contribution in [1.82, 2.24) is 5.32 Å². The van der Waals surface area contributed by atoms with E-state index < -0.39 is 88.5 Å². The molecular formula is C29H39FN2O13. The minimum absolute atomic E-state index is 0.0367. The second-order valence-electron chi connectivity index (χ2n) is 12.5. The number of aliphatic hydroxyl groups excluding tert-OH is 2. The number of allylic oxidation sites excluding steroid dienone is 4. The summed E-state index contributed by atoms with van der Waals surface area (Å²) in [5.41, 5.74) is -6.77. The average molecular weight is 643 g/mol. The summed E-state index contributed by atoms with van der Waals surface area (Å²) < 4.78 is 32.3. The zero-order valence-electron chi connectivity index (χ0n) is 25.2. The summed E-state index contributed by atoms with van der Waals surface area (Å²) >= 11 is 0. The van der Waals surface area contributed by atoms with Gasteiger partial charge in [-0.1, -0.05) is 24.6 Å². The minimum Gasteiger partial charge on any atom is -0.449 e. The monoisotopic (exact) mass is 642 g/mol. The van der Waals surface area contributed by atoms with Gasteiger partial charge < -0.3 is 39.7 Å².